The molecule has 0 aliphatic carbocycles. The first-order chi connectivity index (χ1) is 13.2. The number of halogens is 6. The van der Waals surface area contributed by atoms with E-state index in [1.54, 1.807) is 6.08 Å². The molecule has 0 bridgehead atoms. The first-order valence-corrected chi connectivity index (χ1v) is 8.27. The second kappa shape index (κ2) is 7.58. The van der Waals surface area contributed by atoms with Gasteiger partial charge in [0, 0.05) is 5.39 Å². The standard InChI is InChI=1S/C21H14F6O/c1-2-3-4-12-9-16(22)19(17(23)10-12)14-5-7-15-13(11-14)6-8-18(20(15)24)28-21(25,26)27/h2,5-11H,1,3-4H2. The van der Waals surface area contributed by atoms with Crippen molar-refractivity contribution in [2.75, 3.05) is 0 Å². The fraction of sp³-hybridized carbons (Fsp3) is 0.143. The van der Waals surface area contributed by atoms with Gasteiger partial charge in [0.15, 0.2) is 11.6 Å². The second-order valence-electron chi connectivity index (χ2n) is 6.12. The Balaban J connectivity index is 2.03. The van der Waals surface area contributed by atoms with Crippen LogP contribution in [0, 0.1) is 17.5 Å². The summed E-state index contributed by atoms with van der Waals surface area (Å²) in [6.45, 7) is 3.56. The topological polar surface area (TPSA) is 9.23 Å². The maximum atomic E-state index is 14.5. The lowest BCUT2D eigenvalue weighted by atomic mass is 9.97. The van der Waals surface area contributed by atoms with Crippen molar-refractivity contribution in [3.05, 3.63) is 78.1 Å². The maximum Gasteiger partial charge on any atom is 0.573 e. The van der Waals surface area contributed by atoms with Gasteiger partial charge in [-0.05, 0) is 53.6 Å². The highest BCUT2D eigenvalue weighted by atomic mass is 19.4. The molecule has 146 valence electrons. The van der Waals surface area contributed by atoms with E-state index in [0.29, 0.717) is 18.4 Å². The van der Waals surface area contributed by atoms with E-state index in [4.69, 9.17) is 0 Å². The highest BCUT2D eigenvalue weighted by Crippen LogP contribution is 2.34. The zero-order valence-corrected chi connectivity index (χ0v) is 14.4. The van der Waals surface area contributed by atoms with Gasteiger partial charge < -0.3 is 4.74 Å². The highest BCUT2D eigenvalue weighted by Gasteiger charge is 2.32. The molecule has 1 nitrogen and oxygen atoms in total. The number of allylic oxidation sites excluding steroid dienone is 1. The van der Waals surface area contributed by atoms with Gasteiger partial charge in [-0.15, -0.1) is 19.8 Å². The third kappa shape index (κ3) is 4.13. The Labute approximate surface area is 156 Å². The molecule has 0 fully saturated rings. The van der Waals surface area contributed by atoms with Crippen LogP contribution in [0.1, 0.15) is 12.0 Å². The molecule has 0 atom stereocenters. The van der Waals surface area contributed by atoms with Gasteiger partial charge in [-0.2, -0.15) is 0 Å². The summed E-state index contributed by atoms with van der Waals surface area (Å²) in [5, 5.41) is 0.0213. The Morgan fingerprint density at radius 3 is 2.21 bits per heavy atom. The number of aryl methyl sites for hydroxylation is 1. The minimum Gasteiger partial charge on any atom is -0.403 e. The van der Waals surface area contributed by atoms with Crippen molar-refractivity contribution in [2.24, 2.45) is 0 Å². The lowest BCUT2D eigenvalue weighted by Gasteiger charge is -2.12. The van der Waals surface area contributed by atoms with Crippen LogP contribution in [-0.4, -0.2) is 6.36 Å². The second-order valence-corrected chi connectivity index (χ2v) is 6.12. The summed E-state index contributed by atoms with van der Waals surface area (Å²) in [6.07, 6.45) is -2.40. The Hall–Kier alpha value is -2.96. The van der Waals surface area contributed by atoms with E-state index >= 15 is 0 Å². The molecule has 0 spiro atoms. The Morgan fingerprint density at radius 1 is 0.929 bits per heavy atom. The van der Waals surface area contributed by atoms with E-state index in [9.17, 15) is 26.3 Å². The molecule has 0 N–H and O–H groups in total. The summed E-state index contributed by atoms with van der Waals surface area (Å²) in [5.74, 6) is -3.74. The predicted molar refractivity (Wildman–Crippen MR) is 94.5 cm³/mol. The Morgan fingerprint density at radius 2 is 1.61 bits per heavy atom. The lowest BCUT2D eigenvalue weighted by Crippen LogP contribution is -2.18. The van der Waals surface area contributed by atoms with Crippen molar-refractivity contribution in [1.82, 2.24) is 0 Å². The van der Waals surface area contributed by atoms with Gasteiger partial charge in [0.05, 0.1) is 5.56 Å². The Bertz CT molecular complexity index is 1020. The average molecular weight is 396 g/mol. The fourth-order valence-corrected chi connectivity index (χ4v) is 2.95. The third-order valence-corrected chi connectivity index (χ3v) is 4.17. The zero-order chi connectivity index (χ0) is 20.5. The smallest absolute Gasteiger partial charge is 0.403 e. The normalized spacial score (nSPS) is 11.6. The van der Waals surface area contributed by atoms with Crippen LogP contribution in [0.4, 0.5) is 26.3 Å². The molecule has 0 aliphatic heterocycles. The largest absolute Gasteiger partial charge is 0.573 e. The molecule has 0 amide bonds. The summed E-state index contributed by atoms with van der Waals surface area (Å²) in [6, 6.07) is 8.15. The van der Waals surface area contributed by atoms with Crippen LogP contribution in [0.5, 0.6) is 5.75 Å². The SMILES string of the molecule is C=CCCc1cc(F)c(-c2ccc3c(F)c(OC(F)(F)F)ccc3c2)c(F)c1. The van der Waals surface area contributed by atoms with E-state index < -0.39 is 29.6 Å². The lowest BCUT2D eigenvalue weighted by molar-refractivity contribution is -0.275. The van der Waals surface area contributed by atoms with E-state index in [2.05, 4.69) is 11.3 Å². The van der Waals surface area contributed by atoms with Crippen LogP contribution >= 0.6 is 0 Å². The van der Waals surface area contributed by atoms with Crippen molar-refractivity contribution in [1.29, 1.82) is 0 Å². The van der Waals surface area contributed by atoms with E-state index in [1.165, 1.54) is 30.3 Å². The number of hydrogen-bond acceptors (Lipinski definition) is 1. The van der Waals surface area contributed by atoms with Gasteiger partial charge in [0.2, 0.25) is 0 Å². The molecule has 0 heterocycles. The molecule has 3 rings (SSSR count). The molecule has 3 aromatic carbocycles. The van der Waals surface area contributed by atoms with Crippen LogP contribution in [-0.2, 0) is 6.42 Å². The highest BCUT2D eigenvalue weighted by molar-refractivity contribution is 5.89. The minimum absolute atomic E-state index is 0.140. The molecule has 7 heteroatoms. The minimum atomic E-state index is -5.03. The van der Waals surface area contributed by atoms with Crippen LogP contribution < -0.4 is 4.74 Å². The first-order valence-electron chi connectivity index (χ1n) is 8.27. The quantitative estimate of drug-likeness (QED) is 0.335. The van der Waals surface area contributed by atoms with Crippen LogP contribution in [0.3, 0.4) is 0 Å². The van der Waals surface area contributed by atoms with E-state index in [1.807, 2.05) is 0 Å². The van der Waals surface area contributed by atoms with E-state index in [0.717, 1.165) is 12.1 Å². The molecular formula is C21H14F6O. The number of ether oxygens (including phenoxy) is 1. The average Bonchev–Trinajstić information content (AvgIpc) is 2.61. The zero-order valence-electron chi connectivity index (χ0n) is 14.4. The molecule has 0 saturated heterocycles. The van der Waals surface area contributed by atoms with Crippen LogP contribution in [0.2, 0.25) is 0 Å². The molecule has 3 aromatic rings. The molecule has 0 aromatic heterocycles. The van der Waals surface area contributed by atoms with Gasteiger partial charge >= 0.3 is 6.36 Å². The monoisotopic (exact) mass is 396 g/mol. The summed E-state index contributed by atoms with van der Waals surface area (Å²) in [7, 11) is 0. The first kappa shape index (κ1) is 19.8. The van der Waals surface area contributed by atoms with Gasteiger partial charge in [-0.3, -0.25) is 0 Å². The number of benzene rings is 3. The number of alkyl halides is 3. The maximum absolute atomic E-state index is 14.5. The number of hydrogen-bond donors (Lipinski definition) is 0. The van der Waals surface area contributed by atoms with Crippen LogP contribution in [0.15, 0.2) is 55.1 Å². The summed E-state index contributed by atoms with van der Waals surface area (Å²) < 4.78 is 83.8. The molecular weight excluding hydrogens is 382 g/mol. The van der Waals surface area contributed by atoms with Crippen molar-refractivity contribution >= 4 is 10.8 Å². The number of rotatable bonds is 5. The van der Waals surface area contributed by atoms with Crippen molar-refractivity contribution in [3.8, 4) is 16.9 Å². The summed E-state index contributed by atoms with van der Waals surface area (Å²) in [4.78, 5) is 0. The van der Waals surface area contributed by atoms with Crippen molar-refractivity contribution < 1.29 is 31.1 Å². The molecule has 0 aliphatic rings. The van der Waals surface area contributed by atoms with Crippen LogP contribution in [0.25, 0.3) is 21.9 Å². The number of fused-ring (bicyclic) bond motifs is 1. The Kier molecular flexibility index (Phi) is 5.36. The molecule has 0 saturated carbocycles. The van der Waals surface area contributed by atoms with Gasteiger partial charge in [0.25, 0.3) is 0 Å². The van der Waals surface area contributed by atoms with Gasteiger partial charge in [0.1, 0.15) is 11.6 Å². The van der Waals surface area contributed by atoms with Crippen molar-refractivity contribution in [3.63, 3.8) is 0 Å². The predicted octanol–water partition coefficient (Wildman–Crippen LogP) is 6.94. The van der Waals surface area contributed by atoms with Gasteiger partial charge in [-0.25, -0.2) is 13.2 Å². The van der Waals surface area contributed by atoms with Crippen molar-refractivity contribution in [2.45, 2.75) is 19.2 Å². The third-order valence-electron chi connectivity index (χ3n) is 4.17. The van der Waals surface area contributed by atoms with Gasteiger partial charge in [-0.1, -0.05) is 24.3 Å². The van der Waals surface area contributed by atoms with E-state index in [-0.39, 0.29) is 21.9 Å². The molecule has 0 unspecified atom stereocenters. The molecule has 0 radical (unpaired) electrons. The summed E-state index contributed by atoms with van der Waals surface area (Å²) in [5.41, 5.74) is 0.321. The summed E-state index contributed by atoms with van der Waals surface area (Å²) >= 11 is 0. The fourth-order valence-electron chi connectivity index (χ4n) is 2.95. The molecule has 28 heavy (non-hydrogen) atoms.